The lowest BCUT2D eigenvalue weighted by Crippen LogP contribution is -2.14. The maximum atomic E-state index is 14.8. The van der Waals surface area contributed by atoms with E-state index in [0.29, 0.717) is 34.1 Å². The molecule has 3 N–H and O–H groups in total. The predicted molar refractivity (Wildman–Crippen MR) is 136 cm³/mol. The second-order valence-corrected chi connectivity index (χ2v) is 9.07. The average Bonchev–Trinajstić information content (AvgIpc) is 2.86. The van der Waals surface area contributed by atoms with Crippen molar-refractivity contribution in [2.75, 3.05) is 46.0 Å². The fourth-order valence-electron chi connectivity index (χ4n) is 3.47. The minimum Gasteiger partial charge on any atom is -0.495 e. The Balaban J connectivity index is 1.99. The van der Waals surface area contributed by atoms with E-state index in [2.05, 4.69) is 4.72 Å². The molecule has 3 aromatic carbocycles. The first-order valence-electron chi connectivity index (χ1n) is 10.5. The summed E-state index contributed by atoms with van der Waals surface area (Å²) in [5.41, 5.74) is 6.94. The summed E-state index contributed by atoms with van der Waals surface area (Å²) < 4.78 is 69.3. The van der Waals surface area contributed by atoms with Crippen LogP contribution in [0.3, 0.4) is 0 Å². The lowest BCUT2D eigenvalue weighted by molar-refractivity contribution is 0.324. The van der Waals surface area contributed by atoms with Gasteiger partial charge < -0.3 is 29.4 Å². The molecule has 36 heavy (non-hydrogen) atoms. The Kier molecular flexibility index (Phi) is 8.15. The van der Waals surface area contributed by atoms with E-state index in [1.54, 1.807) is 24.3 Å². The van der Waals surface area contributed by atoms with Gasteiger partial charge in [0.25, 0.3) is 10.0 Å². The molecular weight excluding hydrogens is 491 g/mol. The summed E-state index contributed by atoms with van der Waals surface area (Å²) >= 11 is 0. The average molecular weight is 519 g/mol. The first kappa shape index (κ1) is 26.5. The van der Waals surface area contributed by atoms with Gasteiger partial charge in [-0.1, -0.05) is 12.2 Å². The Bertz CT molecular complexity index is 1370. The molecule has 9 nitrogen and oxygen atoms in total. The van der Waals surface area contributed by atoms with Gasteiger partial charge in [0, 0.05) is 0 Å². The topological polar surface area (TPSA) is 118 Å². The zero-order valence-electron chi connectivity index (χ0n) is 20.4. The molecule has 192 valence electrons. The number of ether oxygens (including phenoxy) is 5. The van der Waals surface area contributed by atoms with Gasteiger partial charge in [0.1, 0.15) is 5.75 Å². The molecular formula is C25H27FN2O7S. The van der Waals surface area contributed by atoms with Crippen LogP contribution >= 0.6 is 0 Å². The number of rotatable bonds is 10. The molecule has 0 heterocycles. The van der Waals surface area contributed by atoms with Crippen LogP contribution in [0.4, 0.5) is 15.8 Å². The van der Waals surface area contributed by atoms with Crippen LogP contribution < -0.4 is 34.1 Å². The van der Waals surface area contributed by atoms with E-state index in [-0.39, 0.29) is 22.0 Å². The van der Waals surface area contributed by atoms with Crippen molar-refractivity contribution in [1.29, 1.82) is 0 Å². The summed E-state index contributed by atoms with van der Waals surface area (Å²) in [6, 6.07) is 10.1. The van der Waals surface area contributed by atoms with Crippen LogP contribution in [0.1, 0.15) is 11.1 Å². The highest BCUT2D eigenvalue weighted by Crippen LogP contribution is 2.39. The van der Waals surface area contributed by atoms with Crippen molar-refractivity contribution in [3.63, 3.8) is 0 Å². The fourth-order valence-corrected chi connectivity index (χ4v) is 4.56. The van der Waals surface area contributed by atoms with Gasteiger partial charge >= 0.3 is 0 Å². The van der Waals surface area contributed by atoms with Gasteiger partial charge in [-0.3, -0.25) is 4.72 Å². The zero-order valence-corrected chi connectivity index (χ0v) is 21.2. The number of anilines is 2. The highest BCUT2D eigenvalue weighted by atomic mass is 32.2. The van der Waals surface area contributed by atoms with Crippen molar-refractivity contribution in [3.8, 4) is 28.7 Å². The number of nitrogen functional groups attached to an aromatic ring is 1. The smallest absolute Gasteiger partial charge is 0.262 e. The van der Waals surface area contributed by atoms with Crippen LogP contribution in [0.15, 0.2) is 47.4 Å². The van der Waals surface area contributed by atoms with Crippen LogP contribution in [-0.2, 0) is 10.0 Å². The maximum Gasteiger partial charge on any atom is 0.262 e. The first-order chi connectivity index (χ1) is 17.2. The van der Waals surface area contributed by atoms with Gasteiger partial charge in [0.05, 0.1) is 51.8 Å². The molecule has 0 aliphatic heterocycles. The van der Waals surface area contributed by atoms with Gasteiger partial charge in [-0.2, -0.15) is 0 Å². The number of hydrogen-bond donors (Lipinski definition) is 2. The number of methoxy groups -OCH3 is 5. The van der Waals surface area contributed by atoms with Gasteiger partial charge in [-0.25, -0.2) is 12.8 Å². The Morgan fingerprint density at radius 2 is 1.31 bits per heavy atom. The van der Waals surface area contributed by atoms with E-state index < -0.39 is 15.8 Å². The van der Waals surface area contributed by atoms with E-state index >= 15 is 0 Å². The molecule has 0 aliphatic carbocycles. The standard InChI is InChI=1S/C25H27FN2O7S/c1-31-21-9-8-17(14-19(21)27)36(29,30)28-20-11-15(10-18(26)24(20)34-4)6-7-16-12-22(32-2)25(35-5)23(13-16)33-3/h6-14,28H,27H2,1-5H3/b7-6-. The van der Waals surface area contributed by atoms with E-state index in [0.717, 1.165) is 0 Å². The van der Waals surface area contributed by atoms with E-state index in [9.17, 15) is 12.8 Å². The zero-order chi connectivity index (χ0) is 26.5. The van der Waals surface area contributed by atoms with Crippen LogP contribution in [0.25, 0.3) is 12.2 Å². The molecule has 0 aliphatic rings. The maximum absolute atomic E-state index is 14.8. The van der Waals surface area contributed by atoms with Crippen molar-refractivity contribution >= 4 is 33.6 Å². The first-order valence-corrected chi connectivity index (χ1v) is 12.0. The van der Waals surface area contributed by atoms with Gasteiger partial charge in [-0.05, 0) is 53.6 Å². The molecule has 0 radical (unpaired) electrons. The monoisotopic (exact) mass is 518 g/mol. The number of halogens is 1. The van der Waals surface area contributed by atoms with Crippen LogP contribution in [0.2, 0.25) is 0 Å². The highest BCUT2D eigenvalue weighted by molar-refractivity contribution is 7.92. The summed E-state index contributed by atoms with van der Waals surface area (Å²) in [7, 11) is 3.04. The molecule has 3 rings (SSSR count). The summed E-state index contributed by atoms with van der Waals surface area (Å²) in [5, 5.41) is 0. The lowest BCUT2D eigenvalue weighted by atomic mass is 10.1. The van der Waals surface area contributed by atoms with Crippen molar-refractivity contribution < 1.29 is 36.5 Å². The third kappa shape index (κ3) is 5.57. The SMILES string of the molecule is COc1ccc(S(=O)(=O)Nc2cc(/C=C\c3cc(OC)c(OC)c(OC)c3)cc(F)c2OC)cc1N. The molecule has 0 saturated carbocycles. The van der Waals surface area contributed by atoms with Crippen molar-refractivity contribution in [1.82, 2.24) is 0 Å². The normalized spacial score (nSPS) is 11.3. The van der Waals surface area contributed by atoms with E-state index in [1.165, 1.54) is 65.9 Å². The van der Waals surface area contributed by atoms with Crippen molar-refractivity contribution in [2.45, 2.75) is 4.90 Å². The van der Waals surface area contributed by atoms with E-state index in [1.807, 2.05) is 0 Å². The summed E-state index contributed by atoms with van der Waals surface area (Å²) in [5.74, 6) is 0.649. The van der Waals surface area contributed by atoms with Crippen molar-refractivity contribution in [2.24, 2.45) is 0 Å². The molecule has 0 amide bonds. The van der Waals surface area contributed by atoms with Gasteiger partial charge in [0.2, 0.25) is 5.75 Å². The molecule has 0 aromatic heterocycles. The van der Waals surface area contributed by atoms with E-state index in [4.69, 9.17) is 29.4 Å². The minimum atomic E-state index is -4.12. The summed E-state index contributed by atoms with van der Waals surface area (Å²) in [4.78, 5) is -0.123. The molecule has 3 aromatic rings. The predicted octanol–water partition coefficient (Wildman–Crippen LogP) is 4.42. The van der Waals surface area contributed by atoms with Crippen LogP contribution in [0, 0.1) is 5.82 Å². The van der Waals surface area contributed by atoms with Crippen LogP contribution in [-0.4, -0.2) is 44.0 Å². The number of nitrogens with one attached hydrogen (secondary N) is 1. The fraction of sp³-hybridized carbons (Fsp3) is 0.200. The molecule has 0 spiro atoms. The third-order valence-electron chi connectivity index (χ3n) is 5.18. The second-order valence-electron chi connectivity index (χ2n) is 7.38. The Labute approximate surface area is 209 Å². The largest absolute Gasteiger partial charge is 0.495 e. The second kappa shape index (κ2) is 11.1. The Morgan fingerprint density at radius 1 is 0.750 bits per heavy atom. The lowest BCUT2D eigenvalue weighted by Gasteiger charge is -2.15. The number of nitrogens with two attached hydrogens (primary N) is 1. The molecule has 11 heteroatoms. The Hall–Kier alpha value is -4.12. The van der Waals surface area contributed by atoms with Gasteiger partial charge in [-0.15, -0.1) is 0 Å². The molecule has 0 atom stereocenters. The summed E-state index contributed by atoms with van der Waals surface area (Å²) in [6.45, 7) is 0. The van der Waals surface area contributed by atoms with Crippen molar-refractivity contribution in [3.05, 3.63) is 59.4 Å². The van der Waals surface area contributed by atoms with Crippen LogP contribution in [0.5, 0.6) is 28.7 Å². The Morgan fingerprint density at radius 3 is 1.81 bits per heavy atom. The number of sulfonamides is 1. The molecule has 0 fully saturated rings. The molecule has 0 unspecified atom stereocenters. The van der Waals surface area contributed by atoms with Gasteiger partial charge in [0.15, 0.2) is 23.1 Å². The molecule has 0 bridgehead atoms. The quantitative estimate of drug-likeness (QED) is 0.299. The minimum absolute atomic E-state index is 0.0866. The molecule has 0 saturated heterocycles. The number of benzene rings is 3. The summed E-state index contributed by atoms with van der Waals surface area (Å²) in [6.07, 6.45) is 3.29. The highest BCUT2D eigenvalue weighted by Gasteiger charge is 2.20. The number of hydrogen-bond acceptors (Lipinski definition) is 8. The third-order valence-corrected chi connectivity index (χ3v) is 6.54.